The maximum absolute atomic E-state index is 12.3. The van der Waals surface area contributed by atoms with E-state index in [9.17, 15) is 4.79 Å². The zero-order valence-corrected chi connectivity index (χ0v) is 12.0. The summed E-state index contributed by atoms with van der Waals surface area (Å²) in [5.74, 6) is 0.594. The quantitative estimate of drug-likeness (QED) is 0.803. The van der Waals surface area contributed by atoms with Crippen LogP contribution in [0.3, 0.4) is 0 Å². The molecule has 0 aromatic carbocycles. The van der Waals surface area contributed by atoms with Crippen molar-refractivity contribution in [3.8, 4) is 0 Å². The maximum atomic E-state index is 12.3. The van der Waals surface area contributed by atoms with E-state index in [1.165, 1.54) is 19.3 Å². The molecule has 1 amide bonds. The number of carbonyl (C=O) groups is 1. The topological polar surface area (TPSA) is 50.4 Å². The molecule has 1 saturated carbocycles. The van der Waals surface area contributed by atoms with Gasteiger partial charge in [0.05, 0.1) is 18.2 Å². The lowest BCUT2D eigenvalue weighted by Gasteiger charge is -2.25. The third kappa shape index (κ3) is 2.28. The van der Waals surface area contributed by atoms with E-state index in [4.69, 9.17) is 4.74 Å². The number of amides is 1. The summed E-state index contributed by atoms with van der Waals surface area (Å²) in [5.41, 5.74) is 0.355. The lowest BCUT2D eigenvalue weighted by molar-refractivity contribution is -0.124. The van der Waals surface area contributed by atoms with Gasteiger partial charge in [0.1, 0.15) is 0 Å². The Labute approximate surface area is 120 Å². The van der Waals surface area contributed by atoms with E-state index in [2.05, 4.69) is 10.6 Å². The second-order valence-electron chi connectivity index (χ2n) is 6.59. The highest BCUT2D eigenvalue weighted by molar-refractivity contribution is 5.85. The maximum Gasteiger partial charge on any atom is 0.224 e. The molecule has 3 aliphatic heterocycles. The van der Waals surface area contributed by atoms with E-state index in [0.717, 1.165) is 32.4 Å². The molecule has 4 rings (SSSR count). The smallest absolute Gasteiger partial charge is 0.224 e. The monoisotopic (exact) mass is 286 g/mol. The van der Waals surface area contributed by atoms with Gasteiger partial charge in [-0.25, -0.2) is 0 Å². The van der Waals surface area contributed by atoms with E-state index in [-0.39, 0.29) is 12.4 Å². The lowest BCUT2D eigenvalue weighted by atomic mass is 9.91. The molecule has 3 saturated heterocycles. The molecule has 4 aliphatic rings. The van der Waals surface area contributed by atoms with E-state index < -0.39 is 0 Å². The summed E-state index contributed by atoms with van der Waals surface area (Å²) >= 11 is 0. The van der Waals surface area contributed by atoms with Gasteiger partial charge in [0.25, 0.3) is 0 Å². The Kier molecular flexibility index (Phi) is 3.52. The standard InChI is InChI=1S/C14H22N2O2.ClH/c17-13(10-8-14(10)3-5-15-6-4-14)16-11-7-9-1-2-12(11)18-9;/h9-12,15H,1-8H2,(H,16,17);1H. The van der Waals surface area contributed by atoms with Crippen LogP contribution in [0, 0.1) is 11.3 Å². The van der Waals surface area contributed by atoms with Crippen molar-refractivity contribution < 1.29 is 9.53 Å². The first-order chi connectivity index (χ1) is 8.77. The highest BCUT2D eigenvalue weighted by atomic mass is 35.5. The summed E-state index contributed by atoms with van der Waals surface area (Å²) in [6.07, 6.45) is 7.57. The van der Waals surface area contributed by atoms with Crippen LogP contribution in [0.2, 0.25) is 0 Å². The summed E-state index contributed by atoms with van der Waals surface area (Å²) in [6, 6.07) is 0.301. The van der Waals surface area contributed by atoms with Crippen LogP contribution in [0.4, 0.5) is 0 Å². The predicted octanol–water partition coefficient (Wildman–Crippen LogP) is 1.23. The fourth-order valence-electron chi connectivity index (χ4n) is 4.27. The first-order valence-corrected chi connectivity index (χ1v) is 7.43. The number of fused-ring (bicyclic) bond motifs is 2. The second kappa shape index (κ2) is 4.90. The third-order valence-electron chi connectivity index (χ3n) is 5.54. The Balaban J connectivity index is 0.00000110. The number of piperidine rings is 1. The molecule has 4 fully saturated rings. The van der Waals surface area contributed by atoms with Crippen LogP contribution in [0.25, 0.3) is 0 Å². The zero-order valence-electron chi connectivity index (χ0n) is 11.2. The number of hydrogen-bond donors (Lipinski definition) is 2. The molecule has 0 aromatic heterocycles. The molecule has 5 heteroatoms. The molecule has 2 N–H and O–H groups in total. The minimum absolute atomic E-state index is 0. The minimum atomic E-state index is 0. The van der Waals surface area contributed by atoms with Crippen molar-refractivity contribution in [3.63, 3.8) is 0 Å². The molecule has 108 valence electrons. The van der Waals surface area contributed by atoms with E-state index in [1.807, 2.05) is 0 Å². The molecule has 4 nitrogen and oxygen atoms in total. The van der Waals surface area contributed by atoms with Gasteiger partial charge in [0.15, 0.2) is 0 Å². The van der Waals surface area contributed by atoms with Crippen LogP contribution in [0.5, 0.6) is 0 Å². The Morgan fingerprint density at radius 3 is 2.68 bits per heavy atom. The van der Waals surface area contributed by atoms with Gasteiger partial charge in [-0.15, -0.1) is 12.4 Å². The average molecular weight is 287 g/mol. The first-order valence-electron chi connectivity index (χ1n) is 7.43. The van der Waals surface area contributed by atoms with Gasteiger partial charge in [-0.05, 0) is 57.0 Å². The minimum Gasteiger partial charge on any atom is -0.373 e. The van der Waals surface area contributed by atoms with Crippen molar-refractivity contribution in [2.75, 3.05) is 13.1 Å². The number of halogens is 1. The molecular formula is C14H23ClN2O2. The van der Waals surface area contributed by atoms with Crippen molar-refractivity contribution in [2.24, 2.45) is 11.3 Å². The van der Waals surface area contributed by atoms with E-state index in [0.29, 0.717) is 35.5 Å². The largest absolute Gasteiger partial charge is 0.373 e. The SMILES string of the molecule is Cl.O=C(NC1CC2CCC1O2)C1CC12CCNCC2. The second-order valence-corrected chi connectivity index (χ2v) is 6.59. The molecule has 0 radical (unpaired) electrons. The summed E-state index contributed by atoms with van der Waals surface area (Å²) in [6.45, 7) is 2.17. The van der Waals surface area contributed by atoms with Crippen LogP contribution >= 0.6 is 12.4 Å². The van der Waals surface area contributed by atoms with E-state index >= 15 is 0 Å². The molecule has 19 heavy (non-hydrogen) atoms. The summed E-state index contributed by atoms with van der Waals surface area (Å²) in [4.78, 5) is 12.3. The Morgan fingerprint density at radius 1 is 1.26 bits per heavy atom. The average Bonchev–Trinajstić information content (AvgIpc) is 2.76. The van der Waals surface area contributed by atoms with Gasteiger partial charge in [-0.2, -0.15) is 0 Å². The zero-order chi connectivity index (χ0) is 12.2. The third-order valence-corrected chi connectivity index (χ3v) is 5.54. The summed E-state index contributed by atoms with van der Waals surface area (Å²) in [7, 11) is 0. The number of hydrogen-bond acceptors (Lipinski definition) is 3. The lowest BCUT2D eigenvalue weighted by Crippen LogP contribution is -2.43. The fourth-order valence-corrected chi connectivity index (χ4v) is 4.27. The molecular weight excluding hydrogens is 264 g/mol. The van der Waals surface area contributed by atoms with Crippen LogP contribution < -0.4 is 10.6 Å². The molecule has 4 unspecified atom stereocenters. The number of rotatable bonds is 2. The molecule has 3 heterocycles. The van der Waals surface area contributed by atoms with Crippen molar-refractivity contribution in [1.82, 2.24) is 10.6 Å². The Morgan fingerprint density at radius 2 is 2.05 bits per heavy atom. The molecule has 1 aliphatic carbocycles. The van der Waals surface area contributed by atoms with Gasteiger partial charge < -0.3 is 15.4 Å². The molecule has 2 bridgehead atoms. The molecule has 1 spiro atoms. The van der Waals surface area contributed by atoms with Crippen LogP contribution in [0.1, 0.15) is 38.5 Å². The number of ether oxygens (including phenoxy) is 1. The summed E-state index contributed by atoms with van der Waals surface area (Å²) < 4.78 is 5.80. The number of carbonyl (C=O) groups excluding carboxylic acids is 1. The van der Waals surface area contributed by atoms with Crippen LogP contribution in [-0.4, -0.2) is 37.2 Å². The number of nitrogens with one attached hydrogen (secondary N) is 2. The fraction of sp³-hybridized carbons (Fsp3) is 0.929. The van der Waals surface area contributed by atoms with Gasteiger partial charge in [0, 0.05) is 5.92 Å². The van der Waals surface area contributed by atoms with Gasteiger partial charge in [-0.1, -0.05) is 0 Å². The highest BCUT2D eigenvalue weighted by Crippen LogP contribution is 2.58. The predicted molar refractivity (Wildman–Crippen MR) is 74.3 cm³/mol. The van der Waals surface area contributed by atoms with Crippen molar-refractivity contribution in [1.29, 1.82) is 0 Å². The van der Waals surface area contributed by atoms with Crippen molar-refractivity contribution >= 4 is 18.3 Å². The van der Waals surface area contributed by atoms with Crippen LogP contribution in [0.15, 0.2) is 0 Å². The first kappa shape index (κ1) is 13.7. The van der Waals surface area contributed by atoms with Gasteiger partial charge in [-0.3, -0.25) is 4.79 Å². The Hall–Kier alpha value is -0.320. The van der Waals surface area contributed by atoms with E-state index in [1.54, 1.807) is 0 Å². The normalized spacial score (nSPS) is 41.9. The van der Waals surface area contributed by atoms with Crippen molar-refractivity contribution in [3.05, 3.63) is 0 Å². The summed E-state index contributed by atoms with van der Waals surface area (Å²) in [5, 5.41) is 6.64. The molecule has 0 aromatic rings. The van der Waals surface area contributed by atoms with Gasteiger partial charge in [0.2, 0.25) is 5.91 Å². The van der Waals surface area contributed by atoms with Gasteiger partial charge >= 0.3 is 0 Å². The molecule has 4 atom stereocenters. The van der Waals surface area contributed by atoms with Crippen molar-refractivity contribution in [2.45, 2.75) is 56.8 Å². The Bertz CT molecular complexity index is 370. The highest BCUT2D eigenvalue weighted by Gasteiger charge is 2.58. The van der Waals surface area contributed by atoms with Crippen LogP contribution in [-0.2, 0) is 9.53 Å².